The third-order valence-corrected chi connectivity index (χ3v) is 2.70. The molecule has 1 aromatic heterocycles. The molecule has 0 bridgehead atoms. The van der Waals surface area contributed by atoms with Crippen molar-refractivity contribution in [3.8, 4) is 16.9 Å². The first-order chi connectivity index (χ1) is 7.43. The van der Waals surface area contributed by atoms with Crippen LogP contribution in [0.2, 0.25) is 0 Å². The van der Waals surface area contributed by atoms with Gasteiger partial charge in [0, 0.05) is 18.8 Å². The predicted molar refractivity (Wildman–Crippen MR) is 58.9 cm³/mol. The molecular formula is C13H11NO. The van der Waals surface area contributed by atoms with E-state index < -0.39 is 0 Å². The van der Waals surface area contributed by atoms with Gasteiger partial charge in [-0.15, -0.1) is 0 Å². The number of pyridine rings is 1. The molecule has 0 saturated carbocycles. The molecule has 0 N–H and O–H groups in total. The fourth-order valence-corrected chi connectivity index (χ4v) is 1.91. The van der Waals surface area contributed by atoms with Gasteiger partial charge in [0.15, 0.2) is 0 Å². The van der Waals surface area contributed by atoms with Crippen LogP contribution >= 0.6 is 0 Å². The van der Waals surface area contributed by atoms with Gasteiger partial charge in [0.1, 0.15) is 5.75 Å². The lowest BCUT2D eigenvalue weighted by Gasteiger charge is -2.03. The van der Waals surface area contributed by atoms with Crippen LogP contribution in [0.5, 0.6) is 5.75 Å². The molecule has 3 rings (SSSR count). The maximum absolute atomic E-state index is 5.48. The highest BCUT2D eigenvalue weighted by atomic mass is 16.5. The highest BCUT2D eigenvalue weighted by Gasteiger charge is 2.12. The quantitative estimate of drug-likeness (QED) is 0.701. The molecule has 0 aliphatic carbocycles. The molecule has 0 spiro atoms. The van der Waals surface area contributed by atoms with Crippen molar-refractivity contribution in [2.75, 3.05) is 6.61 Å². The molecule has 0 unspecified atom stereocenters. The van der Waals surface area contributed by atoms with Gasteiger partial charge in [-0.1, -0.05) is 6.07 Å². The Balaban J connectivity index is 2.07. The molecule has 2 aromatic rings. The smallest absolute Gasteiger partial charge is 0.122 e. The first kappa shape index (κ1) is 8.48. The predicted octanol–water partition coefficient (Wildman–Crippen LogP) is 2.68. The Labute approximate surface area is 88.5 Å². The number of hydrogen-bond donors (Lipinski definition) is 0. The van der Waals surface area contributed by atoms with E-state index >= 15 is 0 Å². The SMILES string of the molecule is c1cc(-c2ccc3c(c2)CCO3)ccn1. The van der Waals surface area contributed by atoms with Crippen molar-refractivity contribution in [2.45, 2.75) is 6.42 Å². The molecule has 15 heavy (non-hydrogen) atoms. The summed E-state index contributed by atoms with van der Waals surface area (Å²) in [7, 11) is 0. The van der Waals surface area contributed by atoms with Gasteiger partial charge >= 0.3 is 0 Å². The van der Waals surface area contributed by atoms with Crippen LogP contribution in [0.15, 0.2) is 42.7 Å². The van der Waals surface area contributed by atoms with E-state index in [2.05, 4.69) is 23.2 Å². The minimum absolute atomic E-state index is 0.815. The Morgan fingerprint density at radius 1 is 1.00 bits per heavy atom. The number of rotatable bonds is 1. The van der Waals surface area contributed by atoms with Gasteiger partial charge in [0.05, 0.1) is 6.61 Å². The molecule has 2 heteroatoms. The Bertz CT molecular complexity index is 479. The van der Waals surface area contributed by atoms with Crippen LogP contribution < -0.4 is 4.74 Å². The molecule has 0 fully saturated rings. The van der Waals surface area contributed by atoms with Gasteiger partial charge in [-0.05, 0) is 41.0 Å². The largest absolute Gasteiger partial charge is 0.493 e. The van der Waals surface area contributed by atoms with Crippen molar-refractivity contribution in [3.63, 3.8) is 0 Å². The second kappa shape index (κ2) is 3.39. The van der Waals surface area contributed by atoms with Crippen molar-refractivity contribution >= 4 is 0 Å². The van der Waals surface area contributed by atoms with Crippen LogP contribution in [-0.2, 0) is 6.42 Å². The second-order valence-electron chi connectivity index (χ2n) is 3.66. The van der Waals surface area contributed by atoms with Gasteiger partial charge in [-0.3, -0.25) is 4.98 Å². The topological polar surface area (TPSA) is 22.1 Å². The summed E-state index contributed by atoms with van der Waals surface area (Å²) in [6, 6.07) is 10.4. The zero-order chi connectivity index (χ0) is 10.1. The standard InChI is InChI=1S/C13H11NO/c1-2-13-12(5-8-15-13)9-11(1)10-3-6-14-7-4-10/h1-4,6-7,9H,5,8H2. The van der Waals surface area contributed by atoms with E-state index in [0.29, 0.717) is 0 Å². The summed E-state index contributed by atoms with van der Waals surface area (Å²) in [5.74, 6) is 1.04. The normalized spacial score (nSPS) is 13.3. The molecule has 0 radical (unpaired) electrons. The minimum Gasteiger partial charge on any atom is -0.493 e. The Morgan fingerprint density at radius 3 is 2.73 bits per heavy atom. The number of aromatic nitrogens is 1. The third kappa shape index (κ3) is 1.48. The fraction of sp³-hybridized carbons (Fsp3) is 0.154. The van der Waals surface area contributed by atoms with Crippen molar-refractivity contribution in [1.82, 2.24) is 4.98 Å². The maximum Gasteiger partial charge on any atom is 0.122 e. The Kier molecular flexibility index (Phi) is 1.91. The molecule has 0 saturated heterocycles. The molecular weight excluding hydrogens is 186 g/mol. The lowest BCUT2D eigenvalue weighted by Crippen LogP contribution is -1.85. The molecule has 1 aliphatic rings. The van der Waals surface area contributed by atoms with Crippen molar-refractivity contribution in [3.05, 3.63) is 48.3 Å². The Hall–Kier alpha value is -1.83. The lowest BCUT2D eigenvalue weighted by atomic mass is 10.0. The van der Waals surface area contributed by atoms with Crippen LogP contribution in [0.4, 0.5) is 0 Å². The summed E-state index contributed by atoms with van der Waals surface area (Å²) in [5.41, 5.74) is 3.76. The first-order valence-corrected chi connectivity index (χ1v) is 5.09. The van der Waals surface area contributed by atoms with Crippen LogP contribution in [0, 0.1) is 0 Å². The summed E-state index contributed by atoms with van der Waals surface area (Å²) < 4.78 is 5.48. The second-order valence-corrected chi connectivity index (χ2v) is 3.66. The fourth-order valence-electron chi connectivity index (χ4n) is 1.91. The molecule has 2 nitrogen and oxygen atoms in total. The average Bonchev–Trinajstić information content (AvgIpc) is 2.77. The average molecular weight is 197 g/mol. The number of fused-ring (bicyclic) bond motifs is 1. The van der Waals surface area contributed by atoms with E-state index in [1.165, 1.54) is 16.7 Å². The van der Waals surface area contributed by atoms with E-state index in [1.54, 1.807) is 0 Å². The highest BCUT2D eigenvalue weighted by molar-refractivity contribution is 5.65. The van der Waals surface area contributed by atoms with E-state index in [-0.39, 0.29) is 0 Å². The molecule has 2 heterocycles. The zero-order valence-electron chi connectivity index (χ0n) is 8.31. The summed E-state index contributed by atoms with van der Waals surface area (Å²) >= 11 is 0. The number of ether oxygens (including phenoxy) is 1. The first-order valence-electron chi connectivity index (χ1n) is 5.09. The highest BCUT2D eigenvalue weighted by Crippen LogP contribution is 2.29. The maximum atomic E-state index is 5.48. The van der Waals surface area contributed by atoms with Crippen LogP contribution in [0.3, 0.4) is 0 Å². The summed E-state index contributed by atoms with van der Waals surface area (Å²) in [6.45, 7) is 0.815. The third-order valence-electron chi connectivity index (χ3n) is 2.70. The van der Waals surface area contributed by atoms with Crippen LogP contribution in [0.25, 0.3) is 11.1 Å². The van der Waals surface area contributed by atoms with E-state index in [9.17, 15) is 0 Å². The van der Waals surface area contributed by atoms with E-state index in [4.69, 9.17) is 4.74 Å². The van der Waals surface area contributed by atoms with Crippen molar-refractivity contribution in [1.29, 1.82) is 0 Å². The van der Waals surface area contributed by atoms with Crippen LogP contribution in [-0.4, -0.2) is 11.6 Å². The van der Waals surface area contributed by atoms with Gasteiger partial charge in [-0.2, -0.15) is 0 Å². The summed E-state index contributed by atoms with van der Waals surface area (Å²) in [5, 5.41) is 0. The molecule has 1 aromatic carbocycles. The molecule has 74 valence electrons. The summed E-state index contributed by atoms with van der Waals surface area (Å²) in [6.07, 6.45) is 4.66. The van der Waals surface area contributed by atoms with Gasteiger partial charge in [-0.25, -0.2) is 0 Å². The van der Waals surface area contributed by atoms with Gasteiger partial charge < -0.3 is 4.74 Å². The monoisotopic (exact) mass is 197 g/mol. The number of benzene rings is 1. The number of nitrogens with zero attached hydrogens (tertiary/aromatic N) is 1. The van der Waals surface area contributed by atoms with Crippen molar-refractivity contribution < 1.29 is 4.74 Å². The van der Waals surface area contributed by atoms with Crippen LogP contribution in [0.1, 0.15) is 5.56 Å². The minimum atomic E-state index is 0.815. The van der Waals surface area contributed by atoms with E-state index in [0.717, 1.165) is 18.8 Å². The number of hydrogen-bond acceptors (Lipinski definition) is 2. The molecule has 1 aliphatic heterocycles. The zero-order valence-corrected chi connectivity index (χ0v) is 8.31. The molecule has 0 amide bonds. The lowest BCUT2D eigenvalue weighted by molar-refractivity contribution is 0.357. The molecule has 0 atom stereocenters. The summed E-state index contributed by atoms with van der Waals surface area (Å²) in [4.78, 5) is 4.02. The van der Waals surface area contributed by atoms with Gasteiger partial charge in [0.25, 0.3) is 0 Å². The van der Waals surface area contributed by atoms with Crippen molar-refractivity contribution in [2.24, 2.45) is 0 Å². The Morgan fingerprint density at radius 2 is 1.87 bits per heavy atom. The van der Waals surface area contributed by atoms with Gasteiger partial charge in [0.2, 0.25) is 0 Å². The van der Waals surface area contributed by atoms with E-state index in [1.807, 2.05) is 24.5 Å².